The second kappa shape index (κ2) is 11.3. The quantitative estimate of drug-likeness (QED) is 0.0990. The fourth-order valence-corrected chi connectivity index (χ4v) is 6.65. The molecule has 0 aliphatic rings. The molecule has 1 aromatic carbocycles. The molecule has 5 rings (SSSR count). The van der Waals surface area contributed by atoms with Gasteiger partial charge in [0.05, 0.1) is 23.4 Å². The van der Waals surface area contributed by atoms with Crippen molar-refractivity contribution in [3.05, 3.63) is 59.4 Å². The Morgan fingerprint density at radius 3 is 2.36 bits per heavy atom. The molecule has 9 nitrogen and oxygen atoms in total. The van der Waals surface area contributed by atoms with Crippen molar-refractivity contribution in [1.29, 1.82) is 0 Å². The number of hydrogen-bond donors (Lipinski definition) is 2. The summed E-state index contributed by atoms with van der Waals surface area (Å²) in [5, 5.41) is 11.2. The number of rotatable bonds is 8. The molecule has 39 heavy (non-hydrogen) atoms. The van der Waals surface area contributed by atoms with Gasteiger partial charge in [0, 0.05) is 41.0 Å². The van der Waals surface area contributed by atoms with Crippen LogP contribution in [0.5, 0.6) is 0 Å². The van der Waals surface area contributed by atoms with E-state index in [4.69, 9.17) is 0 Å². The lowest BCUT2D eigenvalue weighted by atomic mass is 10.1. The van der Waals surface area contributed by atoms with Gasteiger partial charge in [-0.25, -0.2) is 28.7 Å². The minimum absolute atomic E-state index is 0.00732. The number of benzene rings is 1. The van der Waals surface area contributed by atoms with E-state index in [9.17, 15) is 8.78 Å². The minimum Gasteiger partial charge on any atom is -0.353 e. The van der Waals surface area contributed by atoms with Crippen molar-refractivity contribution in [3.8, 4) is 11.3 Å². The van der Waals surface area contributed by atoms with Crippen molar-refractivity contribution in [2.75, 3.05) is 16.9 Å². The molecule has 0 amide bonds. The maximum atomic E-state index is 13.9. The summed E-state index contributed by atoms with van der Waals surface area (Å²) in [6.45, 7) is 5.70. The Kier molecular flexibility index (Phi) is 8.01. The third-order valence-electron chi connectivity index (χ3n) is 6.02. The highest BCUT2D eigenvalue weighted by Crippen LogP contribution is 2.40. The highest BCUT2D eigenvalue weighted by Gasteiger charge is 2.23. The molecule has 5 aromatic rings. The number of aryl methyl sites for hydroxylation is 4. The summed E-state index contributed by atoms with van der Waals surface area (Å²) in [5.74, 6) is 1.31. The van der Waals surface area contributed by atoms with Crippen LogP contribution in [0.1, 0.15) is 29.5 Å². The molecule has 0 fully saturated rings. The number of nitrogens with one attached hydrogen (secondary N) is 2. The van der Waals surface area contributed by atoms with E-state index >= 15 is 0 Å². The maximum absolute atomic E-state index is 13.9. The summed E-state index contributed by atoms with van der Waals surface area (Å²) in [6, 6.07) is 11.6. The number of nitrogens with zero attached hydrogens (tertiary/aromatic N) is 7. The lowest BCUT2D eigenvalue weighted by Crippen LogP contribution is -2.02. The molecule has 1 atom stereocenters. The van der Waals surface area contributed by atoms with E-state index in [0.29, 0.717) is 34.3 Å². The van der Waals surface area contributed by atoms with Gasteiger partial charge in [0.15, 0.2) is 11.5 Å². The van der Waals surface area contributed by atoms with Gasteiger partial charge < -0.3 is 10.6 Å². The predicted molar refractivity (Wildman–Crippen MR) is 163 cm³/mol. The second-order valence-corrected chi connectivity index (χ2v) is 11.7. The van der Waals surface area contributed by atoms with Crippen molar-refractivity contribution < 1.29 is 8.78 Å². The molecule has 14 heteroatoms. The fourth-order valence-electron chi connectivity index (χ4n) is 4.17. The zero-order valence-electron chi connectivity index (χ0n) is 21.7. The van der Waals surface area contributed by atoms with Crippen LogP contribution in [0.2, 0.25) is 0 Å². The van der Waals surface area contributed by atoms with Crippen LogP contribution in [0.15, 0.2) is 41.3 Å². The Hall–Kier alpha value is -2.90. The Morgan fingerprint density at radius 1 is 0.949 bits per heavy atom. The first-order valence-corrected chi connectivity index (χ1v) is 17.1. The number of thioether (sulfide) groups is 1. The number of hydrogen-bond acceptors (Lipinski definition) is 8. The van der Waals surface area contributed by atoms with Gasteiger partial charge in [-0.05, 0) is 67.3 Å². The van der Waals surface area contributed by atoms with Crippen LogP contribution in [-0.2, 0) is 7.05 Å². The van der Waals surface area contributed by atoms with Gasteiger partial charge in [-0.1, -0.05) is 6.07 Å². The zero-order chi connectivity index (χ0) is 27.8. The molecule has 0 saturated heterocycles. The Bertz CT molecular complexity index is 1650. The highest BCUT2D eigenvalue weighted by molar-refractivity contribution is 14.2. The van der Waals surface area contributed by atoms with Crippen molar-refractivity contribution in [3.63, 3.8) is 0 Å². The standard InChI is InChI=1S/C25H25F2IN9PS/c1-12-8-20(30-14(3)29-12)32-21-11-18(22-24(33-21)37(38-28)25(34-22)23(26)27)31-16-7-6-15(10-19(16)39-5)17-9-13(2)36(4)35-17/h6-11,23,38H,1-5H3,(H2,29,30,31,32,33). The Morgan fingerprint density at radius 2 is 1.72 bits per heavy atom. The predicted octanol–water partition coefficient (Wildman–Crippen LogP) is 7.49. The number of alkyl halides is 2. The van der Waals surface area contributed by atoms with E-state index in [1.54, 1.807) is 23.9 Å². The lowest BCUT2D eigenvalue weighted by molar-refractivity contribution is 0.140. The lowest BCUT2D eigenvalue weighted by Gasteiger charge is -2.14. The fraction of sp³-hybridized carbons (Fsp3) is 0.240. The molecular formula is C25H25F2IN9PS. The molecule has 1 unspecified atom stereocenters. The first-order chi connectivity index (χ1) is 18.7. The third kappa shape index (κ3) is 5.71. The summed E-state index contributed by atoms with van der Waals surface area (Å²) >= 11 is 3.64. The van der Waals surface area contributed by atoms with Crippen LogP contribution < -0.4 is 10.6 Å². The van der Waals surface area contributed by atoms with Crippen LogP contribution in [0, 0.1) is 20.8 Å². The highest BCUT2D eigenvalue weighted by atomic mass is 127. The summed E-state index contributed by atoms with van der Waals surface area (Å²) < 4.78 is 31.2. The van der Waals surface area contributed by atoms with E-state index in [-0.39, 0.29) is 12.2 Å². The summed E-state index contributed by atoms with van der Waals surface area (Å²) in [7, 11) is 1.91. The number of anilines is 4. The topological polar surface area (TPSA) is 98.4 Å². The van der Waals surface area contributed by atoms with Crippen LogP contribution in [-0.4, -0.2) is 40.3 Å². The number of halogens is 3. The van der Waals surface area contributed by atoms with Crippen molar-refractivity contribution in [1.82, 2.24) is 34.1 Å². The normalized spacial score (nSPS) is 11.8. The Balaban J connectivity index is 1.61. The monoisotopic (exact) mass is 679 g/mol. The van der Waals surface area contributed by atoms with Crippen LogP contribution in [0.25, 0.3) is 22.4 Å². The van der Waals surface area contributed by atoms with E-state index in [1.165, 1.54) is 4.34 Å². The minimum atomic E-state index is -2.74. The van der Waals surface area contributed by atoms with Crippen LogP contribution in [0.4, 0.5) is 31.8 Å². The van der Waals surface area contributed by atoms with E-state index < -0.39 is 6.43 Å². The van der Waals surface area contributed by atoms with Gasteiger partial charge in [-0.3, -0.25) is 9.02 Å². The van der Waals surface area contributed by atoms with Gasteiger partial charge in [0.2, 0.25) is 0 Å². The Labute approximate surface area is 243 Å². The average Bonchev–Trinajstić information content (AvgIpc) is 3.43. The van der Waals surface area contributed by atoms with Crippen LogP contribution >= 0.6 is 40.2 Å². The number of pyridine rings is 1. The van der Waals surface area contributed by atoms with E-state index in [0.717, 1.165) is 33.2 Å². The van der Waals surface area contributed by atoms with Gasteiger partial charge in [0.25, 0.3) is 6.43 Å². The smallest absolute Gasteiger partial charge is 0.295 e. The number of aromatic nitrogens is 7. The first-order valence-electron chi connectivity index (χ1n) is 11.8. The molecule has 0 radical (unpaired) electrons. The molecule has 0 spiro atoms. The molecule has 4 heterocycles. The molecule has 202 valence electrons. The maximum Gasteiger partial charge on any atom is 0.295 e. The first kappa shape index (κ1) is 27.7. The van der Waals surface area contributed by atoms with E-state index in [2.05, 4.69) is 63.8 Å². The van der Waals surface area contributed by atoms with Gasteiger partial charge in [-0.2, -0.15) is 5.10 Å². The zero-order valence-corrected chi connectivity index (χ0v) is 25.7. The van der Waals surface area contributed by atoms with Crippen molar-refractivity contribution >= 4 is 74.4 Å². The molecule has 0 aliphatic carbocycles. The SMILES string of the molecule is CSc1cc(-c2cc(C)n(C)n2)ccc1Nc1cc(Nc2cc(C)nc(C)n2)nc2c1nc(C(F)F)n2PI. The summed E-state index contributed by atoms with van der Waals surface area (Å²) in [5.41, 5.74) is 5.83. The second-order valence-electron chi connectivity index (χ2n) is 8.82. The third-order valence-corrected chi connectivity index (χ3v) is 8.86. The molecular weight excluding hydrogens is 654 g/mol. The van der Waals surface area contributed by atoms with Gasteiger partial charge in [0.1, 0.15) is 23.0 Å². The molecule has 2 N–H and O–H groups in total. The number of imidazole rings is 1. The number of fused-ring (bicyclic) bond motifs is 1. The van der Waals surface area contributed by atoms with E-state index in [1.807, 2.05) is 57.0 Å². The molecule has 4 aromatic heterocycles. The largest absolute Gasteiger partial charge is 0.353 e. The van der Waals surface area contributed by atoms with Crippen LogP contribution in [0.3, 0.4) is 0 Å². The molecule has 0 bridgehead atoms. The molecule has 0 aliphatic heterocycles. The average molecular weight is 679 g/mol. The van der Waals surface area contributed by atoms with Gasteiger partial charge in [-0.15, -0.1) is 11.8 Å². The van der Waals surface area contributed by atoms with Crippen molar-refractivity contribution in [2.45, 2.75) is 32.1 Å². The van der Waals surface area contributed by atoms with Crippen molar-refractivity contribution in [2.24, 2.45) is 7.05 Å². The van der Waals surface area contributed by atoms with Gasteiger partial charge >= 0.3 is 0 Å². The summed E-state index contributed by atoms with van der Waals surface area (Å²) in [6.07, 6.45) is -0.753. The molecule has 0 saturated carbocycles. The summed E-state index contributed by atoms with van der Waals surface area (Å²) in [4.78, 5) is 18.7.